The Morgan fingerprint density at radius 1 is 1.15 bits per heavy atom. The Balaban J connectivity index is 1.49. The summed E-state index contributed by atoms with van der Waals surface area (Å²) < 4.78 is 25.0. The van der Waals surface area contributed by atoms with Gasteiger partial charge in [0.25, 0.3) is 5.91 Å². The van der Waals surface area contributed by atoms with E-state index >= 15 is 0 Å². The normalized spacial score (nSPS) is 15.2. The zero-order chi connectivity index (χ0) is 18.5. The molecule has 0 radical (unpaired) electrons. The number of likely N-dealkylation sites (N-methyl/N-ethyl adjacent to an activating group) is 1. The summed E-state index contributed by atoms with van der Waals surface area (Å²) in [5.41, 5.74) is -0.0939. The molecule has 136 valence electrons. The van der Waals surface area contributed by atoms with Crippen LogP contribution in [0.5, 0.6) is 11.5 Å². The molecule has 0 spiro atoms. The summed E-state index contributed by atoms with van der Waals surface area (Å²) in [7, 11) is 1.61. The van der Waals surface area contributed by atoms with Crippen molar-refractivity contribution in [2.75, 3.05) is 26.7 Å². The number of nitrogens with zero attached hydrogens (tertiary/aromatic N) is 1. The SMILES string of the molecule is CN(C[C@@H]1COc2ccccc2O1)C(=O)CNC(=O)c1ccccc1F. The van der Waals surface area contributed by atoms with Gasteiger partial charge in [-0.05, 0) is 24.3 Å². The van der Waals surface area contributed by atoms with E-state index in [1.165, 1.54) is 23.1 Å². The van der Waals surface area contributed by atoms with E-state index in [1.807, 2.05) is 18.2 Å². The monoisotopic (exact) mass is 358 g/mol. The number of benzene rings is 2. The van der Waals surface area contributed by atoms with Gasteiger partial charge in [0.1, 0.15) is 12.4 Å². The van der Waals surface area contributed by atoms with Crippen LogP contribution in [-0.4, -0.2) is 49.6 Å². The lowest BCUT2D eigenvalue weighted by atomic mass is 10.2. The number of hydrogen-bond donors (Lipinski definition) is 1. The van der Waals surface area contributed by atoms with Crippen LogP contribution in [-0.2, 0) is 4.79 Å². The van der Waals surface area contributed by atoms with Crippen molar-refractivity contribution in [3.05, 3.63) is 59.9 Å². The molecular formula is C19H19FN2O4. The number of rotatable bonds is 5. The number of carbonyl (C=O) groups excluding carboxylic acids is 2. The number of nitrogens with one attached hydrogen (secondary N) is 1. The highest BCUT2D eigenvalue weighted by molar-refractivity contribution is 5.96. The highest BCUT2D eigenvalue weighted by atomic mass is 19.1. The fourth-order valence-electron chi connectivity index (χ4n) is 2.59. The summed E-state index contributed by atoms with van der Waals surface area (Å²) in [6.45, 7) is 0.410. The van der Waals surface area contributed by atoms with E-state index in [4.69, 9.17) is 9.47 Å². The lowest BCUT2D eigenvalue weighted by Gasteiger charge is -2.29. The van der Waals surface area contributed by atoms with Crippen LogP contribution in [0.15, 0.2) is 48.5 Å². The van der Waals surface area contributed by atoms with E-state index in [9.17, 15) is 14.0 Å². The Hall–Kier alpha value is -3.09. The third-order valence-corrected chi connectivity index (χ3v) is 3.99. The van der Waals surface area contributed by atoms with Gasteiger partial charge in [-0.15, -0.1) is 0 Å². The molecule has 0 saturated carbocycles. The molecule has 0 bridgehead atoms. The van der Waals surface area contributed by atoms with Crippen molar-refractivity contribution >= 4 is 11.8 Å². The molecule has 3 rings (SSSR count). The molecule has 1 aliphatic heterocycles. The van der Waals surface area contributed by atoms with Gasteiger partial charge in [-0.1, -0.05) is 24.3 Å². The Morgan fingerprint density at radius 3 is 2.62 bits per heavy atom. The summed E-state index contributed by atoms with van der Waals surface area (Å²) in [6, 6.07) is 12.9. The second kappa shape index (κ2) is 7.86. The highest BCUT2D eigenvalue weighted by Crippen LogP contribution is 2.30. The molecule has 1 atom stereocenters. The average Bonchev–Trinajstić information content (AvgIpc) is 2.66. The second-order valence-corrected chi connectivity index (χ2v) is 5.93. The van der Waals surface area contributed by atoms with Gasteiger partial charge < -0.3 is 19.7 Å². The molecular weight excluding hydrogens is 339 g/mol. The molecule has 26 heavy (non-hydrogen) atoms. The maximum atomic E-state index is 13.6. The van der Waals surface area contributed by atoms with Crippen molar-refractivity contribution < 1.29 is 23.5 Å². The molecule has 0 fully saturated rings. The first-order valence-corrected chi connectivity index (χ1v) is 8.20. The van der Waals surface area contributed by atoms with Gasteiger partial charge in [0.2, 0.25) is 5.91 Å². The van der Waals surface area contributed by atoms with Gasteiger partial charge in [-0.2, -0.15) is 0 Å². The second-order valence-electron chi connectivity index (χ2n) is 5.93. The predicted molar refractivity (Wildman–Crippen MR) is 92.7 cm³/mol. The summed E-state index contributed by atoms with van der Waals surface area (Å²) in [5, 5.41) is 2.43. The predicted octanol–water partition coefficient (Wildman–Crippen LogP) is 1.85. The number of para-hydroxylation sites is 2. The summed E-state index contributed by atoms with van der Waals surface area (Å²) in [5.74, 6) is -0.252. The summed E-state index contributed by atoms with van der Waals surface area (Å²) >= 11 is 0. The minimum absolute atomic E-state index is 0.0939. The number of fused-ring (bicyclic) bond motifs is 1. The number of ether oxygens (including phenoxy) is 2. The molecule has 1 aliphatic rings. The van der Waals surface area contributed by atoms with Crippen LogP contribution in [0.3, 0.4) is 0 Å². The zero-order valence-electron chi connectivity index (χ0n) is 14.3. The first kappa shape index (κ1) is 17.7. The van der Waals surface area contributed by atoms with Crippen LogP contribution in [0.1, 0.15) is 10.4 Å². The van der Waals surface area contributed by atoms with E-state index in [-0.39, 0.29) is 24.1 Å². The Morgan fingerprint density at radius 2 is 1.85 bits per heavy atom. The smallest absolute Gasteiger partial charge is 0.254 e. The van der Waals surface area contributed by atoms with E-state index < -0.39 is 11.7 Å². The molecule has 1 N–H and O–H groups in total. The van der Waals surface area contributed by atoms with Crippen molar-refractivity contribution in [1.29, 1.82) is 0 Å². The zero-order valence-corrected chi connectivity index (χ0v) is 14.3. The van der Waals surface area contributed by atoms with Crippen molar-refractivity contribution in [3.63, 3.8) is 0 Å². The average molecular weight is 358 g/mol. The van der Waals surface area contributed by atoms with Gasteiger partial charge in [-0.25, -0.2) is 4.39 Å². The van der Waals surface area contributed by atoms with E-state index in [0.29, 0.717) is 24.7 Å². The lowest BCUT2D eigenvalue weighted by molar-refractivity contribution is -0.130. The van der Waals surface area contributed by atoms with Crippen LogP contribution >= 0.6 is 0 Å². The lowest BCUT2D eigenvalue weighted by Crippen LogP contribution is -2.45. The van der Waals surface area contributed by atoms with Crippen LogP contribution in [0, 0.1) is 5.82 Å². The van der Waals surface area contributed by atoms with E-state index in [2.05, 4.69) is 5.32 Å². The number of carbonyl (C=O) groups is 2. The minimum Gasteiger partial charge on any atom is -0.486 e. The van der Waals surface area contributed by atoms with Gasteiger partial charge in [0.15, 0.2) is 17.6 Å². The van der Waals surface area contributed by atoms with E-state index in [1.54, 1.807) is 19.2 Å². The molecule has 0 unspecified atom stereocenters. The van der Waals surface area contributed by atoms with Gasteiger partial charge in [-0.3, -0.25) is 9.59 Å². The standard InChI is InChI=1S/C19H19FN2O4/c1-22(11-13-12-25-16-8-4-5-9-17(16)26-13)18(23)10-21-19(24)14-6-2-3-7-15(14)20/h2-9,13H,10-12H2,1H3,(H,21,24)/t13-/m1/s1. The largest absolute Gasteiger partial charge is 0.486 e. The Labute approximate surface area is 150 Å². The van der Waals surface area contributed by atoms with Crippen LogP contribution in [0.2, 0.25) is 0 Å². The van der Waals surface area contributed by atoms with Crippen molar-refractivity contribution in [1.82, 2.24) is 10.2 Å². The molecule has 0 saturated heterocycles. The Kier molecular flexibility index (Phi) is 5.36. The third-order valence-electron chi connectivity index (χ3n) is 3.99. The summed E-state index contributed by atoms with van der Waals surface area (Å²) in [4.78, 5) is 25.6. The highest BCUT2D eigenvalue weighted by Gasteiger charge is 2.24. The number of halogens is 1. The minimum atomic E-state index is -0.629. The van der Waals surface area contributed by atoms with Gasteiger partial charge >= 0.3 is 0 Å². The first-order valence-electron chi connectivity index (χ1n) is 8.20. The Bertz CT molecular complexity index is 812. The van der Waals surface area contributed by atoms with Crippen molar-refractivity contribution in [2.24, 2.45) is 0 Å². The van der Waals surface area contributed by atoms with Gasteiger partial charge in [0.05, 0.1) is 18.7 Å². The fourth-order valence-corrected chi connectivity index (χ4v) is 2.59. The molecule has 2 amide bonds. The van der Waals surface area contributed by atoms with Crippen LogP contribution in [0.25, 0.3) is 0 Å². The first-order chi connectivity index (χ1) is 12.5. The molecule has 7 heteroatoms. The molecule has 0 aliphatic carbocycles. The number of amides is 2. The quantitative estimate of drug-likeness (QED) is 0.886. The maximum Gasteiger partial charge on any atom is 0.254 e. The maximum absolute atomic E-state index is 13.6. The van der Waals surface area contributed by atoms with Crippen LogP contribution in [0.4, 0.5) is 4.39 Å². The number of hydrogen-bond acceptors (Lipinski definition) is 4. The molecule has 0 aromatic heterocycles. The molecule has 2 aromatic rings. The fraction of sp³-hybridized carbons (Fsp3) is 0.263. The molecule has 6 nitrogen and oxygen atoms in total. The van der Waals surface area contributed by atoms with E-state index in [0.717, 1.165) is 0 Å². The third kappa shape index (κ3) is 4.11. The van der Waals surface area contributed by atoms with Gasteiger partial charge in [0, 0.05) is 7.05 Å². The van der Waals surface area contributed by atoms with Crippen molar-refractivity contribution in [2.45, 2.75) is 6.10 Å². The molecule has 1 heterocycles. The van der Waals surface area contributed by atoms with Crippen LogP contribution < -0.4 is 14.8 Å². The topological polar surface area (TPSA) is 67.9 Å². The molecule has 2 aromatic carbocycles. The van der Waals surface area contributed by atoms with Crippen molar-refractivity contribution in [3.8, 4) is 11.5 Å². The summed E-state index contributed by atoms with van der Waals surface area (Å²) in [6.07, 6.45) is -0.305.